The molecular formula is C17H30N2Si. The Hall–Kier alpha value is -1.09. The third kappa shape index (κ3) is 3.51. The fourth-order valence-electron chi connectivity index (χ4n) is 3.31. The normalized spacial score (nSPS) is 13.4. The minimum absolute atomic E-state index is 0.662. The van der Waals surface area contributed by atoms with Gasteiger partial charge in [0.05, 0.1) is 5.71 Å². The molecule has 0 radical (unpaired) electrons. The molecule has 1 N–H and O–H groups in total. The molecular weight excluding hydrogens is 260 g/mol. The van der Waals surface area contributed by atoms with Crippen LogP contribution in [0.4, 0.5) is 0 Å². The molecule has 0 saturated carbocycles. The molecule has 1 aromatic rings. The summed E-state index contributed by atoms with van der Waals surface area (Å²) in [5.74, 6) is 0. The van der Waals surface area contributed by atoms with Crippen LogP contribution in [-0.4, -0.2) is 13.9 Å². The molecule has 3 heteroatoms. The van der Waals surface area contributed by atoms with E-state index in [0.29, 0.717) is 16.6 Å². The van der Waals surface area contributed by atoms with Gasteiger partial charge in [-0.1, -0.05) is 71.9 Å². The van der Waals surface area contributed by atoms with Crippen LogP contribution < -0.4 is 5.09 Å². The van der Waals surface area contributed by atoms with Crippen LogP contribution >= 0.6 is 0 Å². The number of hydrazone groups is 1. The lowest BCUT2D eigenvalue weighted by Gasteiger charge is -2.42. The molecule has 1 aromatic carbocycles. The van der Waals surface area contributed by atoms with Crippen molar-refractivity contribution in [2.75, 3.05) is 0 Å². The van der Waals surface area contributed by atoms with Crippen LogP contribution in [0.15, 0.2) is 35.4 Å². The number of nitrogens with zero attached hydrogens (tertiary/aromatic N) is 1. The third-order valence-electron chi connectivity index (χ3n) is 4.47. The average molecular weight is 291 g/mol. The first-order valence-corrected chi connectivity index (χ1v) is 9.92. The summed E-state index contributed by atoms with van der Waals surface area (Å²) < 4.78 is 0. The Bertz CT molecular complexity index is 414. The summed E-state index contributed by atoms with van der Waals surface area (Å²) in [5, 5.41) is 8.42. The Morgan fingerprint density at radius 3 is 1.75 bits per heavy atom. The molecule has 0 amide bonds. The molecule has 0 aliphatic heterocycles. The maximum atomic E-state index is 4.76. The van der Waals surface area contributed by atoms with Crippen LogP contribution in [0.1, 0.15) is 54.0 Å². The molecule has 0 saturated heterocycles. The quantitative estimate of drug-likeness (QED) is 0.436. The van der Waals surface area contributed by atoms with Gasteiger partial charge in [0.25, 0.3) is 0 Å². The van der Waals surface area contributed by atoms with E-state index in [9.17, 15) is 0 Å². The average Bonchev–Trinajstić information content (AvgIpc) is 2.38. The monoisotopic (exact) mass is 290 g/mol. The SMILES string of the molecule is C/C(=N\N[Si](C(C)C)(C(C)C)C(C)C)c1ccccc1. The van der Waals surface area contributed by atoms with Gasteiger partial charge in [-0.05, 0) is 29.1 Å². The molecule has 0 aliphatic rings. The van der Waals surface area contributed by atoms with Gasteiger partial charge in [0.2, 0.25) is 0 Å². The number of hydrogen-bond acceptors (Lipinski definition) is 2. The molecule has 0 unspecified atom stereocenters. The largest absolute Gasteiger partial charge is 0.335 e. The van der Waals surface area contributed by atoms with E-state index >= 15 is 0 Å². The predicted molar refractivity (Wildman–Crippen MR) is 92.8 cm³/mol. The fraction of sp³-hybridized carbons (Fsp3) is 0.588. The molecule has 0 heterocycles. The van der Waals surface area contributed by atoms with Gasteiger partial charge in [-0.3, -0.25) is 0 Å². The van der Waals surface area contributed by atoms with E-state index in [1.54, 1.807) is 0 Å². The molecule has 1 rings (SSSR count). The molecule has 0 spiro atoms. The van der Waals surface area contributed by atoms with Crippen LogP contribution in [0.25, 0.3) is 0 Å². The van der Waals surface area contributed by atoms with Gasteiger partial charge in [-0.2, -0.15) is 5.10 Å². The maximum absolute atomic E-state index is 4.76. The first-order chi connectivity index (χ1) is 9.32. The van der Waals surface area contributed by atoms with E-state index in [1.165, 1.54) is 5.56 Å². The van der Waals surface area contributed by atoms with Crippen molar-refractivity contribution < 1.29 is 0 Å². The summed E-state index contributed by atoms with van der Waals surface area (Å²) in [7, 11) is -1.66. The van der Waals surface area contributed by atoms with Gasteiger partial charge in [-0.25, -0.2) is 0 Å². The summed E-state index contributed by atoms with van der Waals surface area (Å²) >= 11 is 0. The highest BCUT2D eigenvalue weighted by atomic mass is 28.3. The Labute approximate surface area is 125 Å². The molecule has 0 aliphatic carbocycles. The molecule has 0 fully saturated rings. The Morgan fingerprint density at radius 2 is 1.35 bits per heavy atom. The first kappa shape index (κ1) is 17.0. The van der Waals surface area contributed by atoms with E-state index in [4.69, 9.17) is 5.10 Å². The number of benzene rings is 1. The third-order valence-corrected chi connectivity index (χ3v) is 10.7. The second-order valence-electron chi connectivity index (χ2n) is 6.57. The second kappa shape index (κ2) is 7.07. The van der Waals surface area contributed by atoms with Crippen LogP contribution in [0, 0.1) is 0 Å². The smallest absolute Gasteiger partial charge is 0.181 e. The zero-order valence-electron chi connectivity index (χ0n) is 14.1. The Kier molecular flexibility index (Phi) is 6.00. The van der Waals surface area contributed by atoms with Gasteiger partial charge < -0.3 is 5.09 Å². The van der Waals surface area contributed by atoms with Gasteiger partial charge in [0.15, 0.2) is 8.24 Å². The summed E-state index contributed by atoms with van der Waals surface area (Å²) in [6.45, 7) is 16.1. The van der Waals surface area contributed by atoms with Gasteiger partial charge in [-0.15, -0.1) is 0 Å². The maximum Gasteiger partial charge on any atom is 0.181 e. The lowest BCUT2D eigenvalue weighted by atomic mass is 10.1. The molecule has 0 atom stereocenters. The van der Waals surface area contributed by atoms with Crippen molar-refractivity contribution >= 4 is 13.9 Å². The van der Waals surface area contributed by atoms with Crippen LogP contribution in [-0.2, 0) is 0 Å². The molecule has 112 valence electrons. The number of nitrogens with one attached hydrogen (secondary N) is 1. The first-order valence-electron chi connectivity index (χ1n) is 7.69. The molecule has 2 nitrogen and oxygen atoms in total. The highest BCUT2D eigenvalue weighted by Gasteiger charge is 2.43. The van der Waals surface area contributed by atoms with E-state index in [1.807, 2.05) is 6.07 Å². The summed E-state index contributed by atoms with van der Waals surface area (Å²) in [5.41, 5.74) is 4.25. The Balaban J connectivity index is 3.03. The Morgan fingerprint density at radius 1 is 0.900 bits per heavy atom. The van der Waals surface area contributed by atoms with E-state index in [-0.39, 0.29) is 0 Å². The summed E-state index contributed by atoms with van der Waals surface area (Å²) in [6.07, 6.45) is 0. The van der Waals surface area contributed by atoms with Crippen molar-refractivity contribution in [1.82, 2.24) is 5.09 Å². The second-order valence-corrected chi connectivity index (χ2v) is 12.1. The molecule has 0 aromatic heterocycles. The molecule has 20 heavy (non-hydrogen) atoms. The van der Waals surface area contributed by atoms with Crippen molar-refractivity contribution in [1.29, 1.82) is 0 Å². The fourth-order valence-corrected chi connectivity index (χ4v) is 8.45. The number of hydrogen-bond donors (Lipinski definition) is 1. The highest BCUT2D eigenvalue weighted by Crippen LogP contribution is 2.39. The van der Waals surface area contributed by atoms with Gasteiger partial charge in [0, 0.05) is 0 Å². The zero-order valence-corrected chi connectivity index (χ0v) is 15.1. The van der Waals surface area contributed by atoms with Crippen LogP contribution in [0.2, 0.25) is 16.6 Å². The van der Waals surface area contributed by atoms with Crippen molar-refractivity contribution in [3.63, 3.8) is 0 Å². The predicted octanol–water partition coefficient (Wildman–Crippen LogP) is 5.18. The number of rotatable bonds is 6. The van der Waals surface area contributed by atoms with E-state index in [0.717, 1.165) is 5.71 Å². The minimum atomic E-state index is -1.66. The standard InChI is InChI=1S/C17H30N2Si/c1-13(2)20(14(3)4,15(5)6)19-18-16(7)17-11-9-8-10-12-17/h8-15,19H,1-7H3/b18-16+. The lowest BCUT2D eigenvalue weighted by Crippen LogP contribution is -2.56. The van der Waals surface area contributed by atoms with E-state index in [2.05, 4.69) is 77.8 Å². The zero-order chi connectivity index (χ0) is 15.3. The van der Waals surface area contributed by atoms with Crippen molar-refractivity contribution in [2.45, 2.75) is 65.1 Å². The molecule has 0 bridgehead atoms. The van der Waals surface area contributed by atoms with Gasteiger partial charge in [0.1, 0.15) is 0 Å². The highest BCUT2D eigenvalue weighted by molar-refractivity contribution is 6.81. The van der Waals surface area contributed by atoms with Crippen molar-refractivity contribution in [3.05, 3.63) is 35.9 Å². The summed E-state index contributed by atoms with van der Waals surface area (Å²) in [6, 6.07) is 10.4. The van der Waals surface area contributed by atoms with Crippen molar-refractivity contribution in [3.8, 4) is 0 Å². The summed E-state index contributed by atoms with van der Waals surface area (Å²) in [4.78, 5) is 0. The topological polar surface area (TPSA) is 24.4 Å². The van der Waals surface area contributed by atoms with E-state index < -0.39 is 8.24 Å². The lowest BCUT2D eigenvalue weighted by molar-refractivity contribution is 0.748. The van der Waals surface area contributed by atoms with Crippen molar-refractivity contribution in [2.24, 2.45) is 5.10 Å². The van der Waals surface area contributed by atoms with Crippen LogP contribution in [0.3, 0.4) is 0 Å². The minimum Gasteiger partial charge on any atom is -0.335 e. The van der Waals surface area contributed by atoms with Crippen LogP contribution in [0.5, 0.6) is 0 Å². The van der Waals surface area contributed by atoms with Gasteiger partial charge >= 0.3 is 0 Å².